The maximum absolute atomic E-state index is 12.3. The number of piperidine rings is 1. The van der Waals surface area contributed by atoms with E-state index in [2.05, 4.69) is 22.1 Å². The van der Waals surface area contributed by atoms with E-state index in [4.69, 9.17) is 9.47 Å². The number of carbonyl (C=O) groups excluding carboxylic acids is 1. The smallest absolute Gasteiger partial charge is 0.240 e. The molecule has 0 saturated carbocycles. The Hall–Kier alpha value is -2.12. The van der Waals surface area contributed by atoms with Gasteiger partial charge in [-0.25, -0.2) is 4.98 Å². The van der Waals surface area contributed by atoms with Gasteiger partial charge in [0.15, 0.2) is 5.13 Å². The zero-order valence-electron chi connectivity index (χ0n) is 15.4. The van der Waals surface area contributed by atoms with Crippen LogP contribution in [0.15, 0.2) is 23.6 Å². The number of rotatable bonds is 6. The van der Waals surface area contributed by atoms with Crippen molar-refractivity contribution in [3.63, 3.8) is 0 Å². The van der Waals surface area contributed by atoms with Gasteiger partial charge in [0.25, 0.3) is 0 Å². The number of likely N-dealkylation sites (tertiary alicyclic amines) is 1. The summed E-state index contributed by atoms with van der Waals surface area (Å²) in [5, 5.41) is 5.44. The number of nitrogens with one attached hydrogen (secondary N) is 1. The molecule has 7 heteroatoms. The van der Waals surface area contributed by atoms with Crippen molar-refractivity contribution in [2.75, 3.05) is 39.2 Å². The molecule has 0 atom stereocenters. The Morgan fingerprint density at radius 1 is 1.31 bits per heavy atom. The molecule has 1 amide bonds. The normalized spacial score (nSPS) is 15.7. The predicted molar refractivity (Wildman–Crippen MR) is 104 cm³/mol. The van der Waals surface area contributed by atoms with Gasteiger partial charge in [-0.1, -0.05) is 6.92 Å². The SMILES string of the molecule is COc1ccc(-c2csc(NC(=O)CN3CCC(C)CC3)n2)c(OC)c1. The Morgan fingerprint density at radius 3 is 2.77 bits per heavy atom. The maximum atomic E-state index is 12.3. The van der Waals surface area contributed by atoms with Crippen LogP contribution in [0.2, 0.25) is 0 Å². The van der Waals surface area contributed by atoms with Gasteiger partial charge in [0.05, 0.1) is 26.5 Å². The molecule has 1 aliphatic rings. The van der Waals surface area contributed by atoms with E-state index in [1.54, 1.807) is 14.2 Å². The van der Waals surface area contributed by atoms with Crippen molar-refractivity contribution in [1.82, 2.24) is 9.88 Å². The number of anilines is 1. The first-order chi connectivity index (χ1) is 12.6. The molecule has 1 aromatic carbocycles. The van der Waals surface area contributed by atoms with Gasteiger partial charge in [0.2, 0.25) is 5.91 Å². The third kappa shape index (κ3) is 4.53. The fourth-order valence-corrected chi connectivity index (χ4v) is 3.77. The van der Waals surface area contributed by atoms with Gasteiger partial charge >= 0.3 is 0 Å². The number of ether oxygens (including phenoxy) is 2. The molecule has 1 aliphatic heterocycles. The van der Waals surface area contributed by atoms with Crippen molar-refractivity contribution in [3.05, 3.63) is 23.6 Å². The van der Waals surface area contributed by atoms with Crippen LogP contribution in [0.1, 0.15) is 19.8 Å². The fraction of sp³-hybridized carbons (Fsp3) is 0.474. The summed E-state index contributed by atoms with van der Waals surface area (Å²) in [6.45, 7) is 4.66. The van der Waals surface area contributed by atoms with Crippen molar-refractivity contribution in [2.24, 2.45) is 5.92 Å². The van der Waals surface area contributed by atoms with E-state index in [0.717, 1.165) is 48.9 Å². The van der Waals surface area contributed by atoms with E-state index < -0.39 is 0 Å². The number of hydrogen-bond acceptors (Lipinski definition) is 6. The number of nitrogens with zero attached hydrogens (tertiary/aromatic N) is 2. The number of amides is 1. The Morgan fingerprint density at radius 2 is 2.08 bits per heavy atom. The highest BCUT2D eigenvalue weighted by molar-refractivity contribution is 7.14. The lowest BCUT2D eigenvalue weighted by Gasteiger charge is -2.29. The second-order valence-electron chi connectivity index (χ2n) is 6.61. The molecule has 6 nitrogen and oxygen atoms in total. The van der Waals surface area contributed by atoms with Gasteiger partial charge in [-0.05, 0) is 44.0 Å². The molecule has 3 rings (SSSR count). The first-order valence-corrected chi connectivity index (χ1v) is 9.67. The highest BCUT2D eigenvalue weighted by Crippen LogP contribution is 2.34. The summed E-state index contributed by atoms with van der Waals surface area (Å²) in [7, 11) is 3.24. The lowest BCUT2D eigenvalue weighted by atomic mass is 9.99. The molecule has 26 heavy (non-hydrogen) atoms. The predicted octanol–water partition coefficient (Wildman–Crippen LogP) is 3.50. The Balaban J connectivity index is 1.63. The van der Waals surface area contributed by atoms with Crippen LogP contribution in [-0.2, 0) is 4.79 Å². The van der Waals surface area contributed by atoms with Crippen LogP contribution in [0.25, 0.3) is 11.3 Å². The van der Waals surface area contributed by atoms with Crippen molar-refractivity contribution in [3.8, 4) is 22.8 Å². The molecule has 1 saturated heterocycles. The quantitative estimate of drug-likeness (QED) is 0.837. The molecule has 1 N–H and O–H groups in total. The van der Waals surface area contributed by atoms with E-state index in [9.17, 15) is 4.79 Å². The van der Waals surface area contributed by atoms with Crippen LogP contribution < -0.4 is 14.8 Å². The lowest BCUT2D eigenvalue weighted by molar-refractivity contribution is -0.117. The standard InChI is InChI=1S/C19H25N3O3S/c1-13-6-8-22(9-7-13)11-18(23)21-19-20-16(12-26-19)15-5-4-14(24-2)10-17(15)25-3/h4-5,10,12-13H,6-9,11H2,1-3H3,(H,20,21,23). The molecule has 0 aliphatic carbocycles. The van der Waals surface area contributed by atoms with Crippen LogP contribution in [0.4, 0.5) is 5.13 Å². The Bertz CT molecular complexity index is 754. The lowest BCUT2D eigenvalue weighted by Crippen LogP contribution is -2.38. The first kappa shape index (κ1) is 18.7. The highest BCUT2D eigenvalue weighted by atomic mass is 32.1. The summed E-state index contributed by atoms with van der Waals surface area (Å²) in [6, 6.07) is 5.60. The van der Waals surface area contributed by atoms with Gasteiger partial charge < -0.3 is 14.8 Å². The van der Waals surface area contributed by atoms with Gasteiger partial charge in [-0.15, -0.1) is 11.3 Å². The van der Waals surface area contributed by atoms with E-state index >= 15 is 0 Å². The third-order valence-corrected chi connectivity index (χ3v) is 5.44. The molecule has 0 spiro atoms. The molecule has 1 aromatic heterocycles. The van der Waals surface area contributed by atoms with Crippen molar-refractivity contribution in [2.45, 2.75) is 19.8 Å². The number of benzene rings is 1. The summed E-state index contributed by atoms with van der Waals surface area (Å²) in [4.78, 5) is 19.0. The minimum Gasteiger partial charge on any atom is -0.497 e. The van der Waals surface area contributed by atoms with Crippen molar-refractivity contribution < 1.29 is 14.3 Å². The number of hydrogen-bond donors (Lipinski definition) is 1. The summed E-state index contributed by atoms with van der Waals surface area (Å²) >= 11 is 1.42. The molecule has 2 aromatic rings. The van der Waals surface area contributed by atoms with Crippen LogP contribution >= 0.6 is 11.3 Å². The van der Waals surface area contributed by atoms with Crippen LogP contribution in [0.3, 0.4) is 0 Å². The molecule has 140 valence electrons. The monoisotopic (exact) mass is 375 g/mol. The van der Waals surface area contributed by atoms with Gasteiger partial charge in [0.1, 0.15) is 11.5 Å². The average molecular weight is 375 g/mol. The van der Waals surface area contributed by atoms with Crippen LogP contribution in [0, 0.1) is 5.92 Å². The highest BCUT2D eigenvalue weighted by Gasteiger charge is 2.19. The van der Waals surface area contributed by atoms with Gasteiger partial charge in [0, 0.05) is 17.0 Å². The number of aromatic nitrogens is 1. The third-order valence-electron chi connectivity index (χ3n) is 4.68. The minimum absolute atomic E-state index is 0.0119. The fourth-order valence-electron chi connectivity index (χ4n) is 3.05. The average Bonchev–Trinajstić information content (AvgIpc) is 3.11. The second kappa shape index (κ2) is 8.51. The zero-order chi connectivity index (χ0) is 18.5. The molecule has 1 fully saturated rings. The summed E-state index contributed by atoms with van der Waals surface area (Å²) in [5.74, 6) is 2.16. The van der Waals surface area contributed by atoms with E-state index in [1.165, 1.54) is 11.3 Å². The topological polar surface area (TPSA) is 63.7 Å². The maximum Gasteiger partial charge on any atom is 0.240 e. The van der Waals surface area contributed by atoms with Crippen molar-refractivity contribution in [1.29, 1.82) is 0 Å². The van der Waals surface area contributed by atoms with E-state index in [-0.39, 0.29) is 5.91 Å². The van der Waals surface area contributed by atoms with E-state index in [0.29, 0.717) is 17.4 Å². The molecule has 0 radical (unpaired) electrons. The summed E-state index contributed by atoms with van der Waals surface area (Å²) in [5.41, 5.74) is 1.65. The van der Waals surface area contributed by atoms with Gasteiger partial charge in [-0.3, -0.25) is 9.69 Å². The van der Waals surface area contributed by atoms with Crippen LogP contribution in [-0.4, -0.2) is 49.6 Å². The number of carbonyl (C=O) groups is 1. The molecule has 2 heterocycles. The first-order valence-electron chi connectivity index (χ1n) is 8.79. The Labute approximate surface area is 158 Å². The molecule has 0 unspecified atom stereocenters. The Kier molecular flexibility index (Phi) is 6.11. The summed E-state index contributed by atoms with van der Waals surface area (Å²) < 4.78 is 10.7. The van der Waals surface area contributed by atoms with Gasteiger partial charge in [-0.2, -0.15) is 0 Å². The minimum atomic E-state index is -0.0119. The largest absolute Gasteiger partial charge is 0.497 e. The molecular weight excluding hydrogens is 350 g/mol. The number of thiazole rings is 1. The van der Waals surface area contributed by atoms with Crippen LogP contribution in [0.5, 0.6) is 11.5 Å². The van der Waals surface area contributed by atoms with E-state index in [1.807, 2.05) is 23.6 Å². The number of methoxy groups -OCH3 is 2. The van der Waals surface area contributed by atoms with Crippen molar-refractivity contribution >= 4 is 22.4 Å². The molecule has 0 bridgehead atoms. The summed E-state index contributed by atoms with van der Waals surface area (Å²) in [6.07, 6.45) is 2.32. The zero-order valence-corrected chi connectivity index (χ0v) is 16.3. The molecular formula is C19H25N3O3S. The second-order valence-corrected chi connectivity index (χ2v) is 7.47.